The van der Waals surface area contributed by atoms with E-state index in [1.54, 1.807) is 0 Å². The van der Waals surface area contributed by atoms with Crippen molar-refractivity contribution in [3.05, 3.63) is 0 Å². The monoisotopic (exact) mass is 228 g/mol. The van der Waals surface area contributed by atoms with Crippen LogP contribution in [0.2, 0.25) is 0 Å². The molecule has 0 heterocycles. The van der Waals surface area contributed by atoms with Crippen LogP contribution < -0.4 is 0 Å². The van der Waals surface area contributed by atoms with E-state index in [9.17, 15) is 4.79 Å². The van der Waals surface area contributed by atoms with E-state index in [2.05, 4.69) is 20.8 Å². The van der Waals surface area contributed by atoms with E-state index in [-0.39, 0.29) is 11.5 Å². The minimum Gasteiger partial charge on any atom is -0.379 e. The molecule has 0 aromatic rings. The van der Waals surface area contributed by atoms with Crippen LogP contribution >= 0.6 is 0 Å². The average molecular weight is 228 g/mol. The molecule has 3 heteroatoms. The summed E-state index contributed by atoms with van der Waals surface area (Å²) >= 11 is 0. The fourth-order valence-electron chi connectivity index (χ4n) is 2.43. The van der Waals surface area contributed by atoms with E-state index in [1.165, 1.54) is 0 Å². The number of hydrogen-bond donors (Lipinski definition) is 0. The van der Waals surface area contributed by atoms with Crippen LogP contribution in [0.15, 0.2) is 0 Å². The summed E-state index contributed by atoms with van der Waals surface area (Å²) in [5.74, 6) is 0.372. The lowest BCUT2D eigenvalue weighted by Gasteiger charge is -2.46. The Morgan fingerprint density at radius 2 is 1.88 bits per heavy atom. The fourth-order valence-corrected chi connectivity index (χ4v) is 2.43. The highest BCUT2D eigenvalue weighted by Gasteiger charge is 2.52. The summed E-state index contributed by atoms with van der Waals surface area (Å²) in [5.41, 5.74) is -0.190. The molecule has 1 saturated carbocycles. The third kappa shape index (κ3) is 2.64. The average Bonchev–Trinajstić information content (AvgIpc) is 2.29. The van der Waals surface area contributed by atoms with Gasteiger partial charge < -0.3 is 9.47 Å². The Balaban J connectivity index is 2.25. The molecule has 16 heavy (non-hydrogen) atoms. The van der Waals surface area contributed by atoms with Gasteiger partial charge in [-0.3, -0.25) is 4.79 Å². The number of ether oxygens (including phenoxy) is 2. The second-order valence-corrected chi connectivity index (χ2v) is 4.46. The molecule has 0 aromatic carbocycles. The van der Waals surface area contributed by atoms with Gasteiger partial charge in [0.05, 0.1) is 24.7 Å². The maximum atomic E-state index is 11.6. The van der Waals surface area contributed by atoms with E-state index in [0.717, 1.165) is 25.9 Å². The van der Waals surface area contributed by atoms with E-state index < -0.39 is 0 Å². The lowest BCUT2D eigenvalue weighted by molar-refractivity contribution is -0.167. The van der Waals surface area contributed by atoms with Crippen LogP contribution in [0.1, 0.15) is 46.5 Å². The molecule has 1 fully saturated rings. The number of hydrogen-bond acceptors (Lipinski definition) is 3. The number of carbonyl (C=O) groups is 1. The van der Waals surface area contributed by atoms with Crippen LogP contribution in [0.25, 0.3) is 0 Å². The molecule has 1 atom stereocenters. The van der Waals surface area contributed by atoms with Crippen LogP contribution in [-0.4, -0.2) is 31.7 Å². The topological polar surface area (TPSA) is 35.5 Å². The standard InChI is InChI=1S/C13H24O3/c1-4-7-15-8-9-16-12-10-11(14)13(12,5-2)6-3/h12H,4-10H2,1-3H3. The summed E-state index contributed by atoms with van der Waals surface area (Å²) in [4.78, 5) is 11.6. The fraction of sp³-hybridized carbons (Fsp3) is 0.923. The Kier molecular flexibility index (Phi) is 5.42. The molecule has 1 aliphatic rings. The molecule has 0 spiro atoms. The van der Waals surface area contributed by atoms with Crippen molar-refractivity contribution in [3.8, 4) is 0 Å². The largest absolute Gasteiger partial charge is 0.379 e. The van der Waals surface area contributed by atoms with Crippen molar-refractivity contribution >= 4 is 5.78 Å². The molecule has 0 aromatic heterocycles. The Labute approximate surface area is 98.5 Å². The van der Waals surface area contributed by atoms with Crippen LogP contribution in [0, 0.1) is 5.41 Å². The summed E-state index contributed by atoms with van der Waals surface area (Å²) in [7, 11) is 0. The maximum Gasteiger partial charge on any atom is 0.144 e. The van der Waals surface area contributed by atoms with Gasteiger partial charge in [0.15, 0.2) is 0 Å². The number of ketones is 1. The summed E-state index contributed by atoms with van der Waals surface area (Å²) in [5, 5.41) is 0. The van der Waals surface area contributed by atoms with Crippen molar-refractivity contribution in [2.45, 2.75) is 52.6 Å². The normalized spacial score (nSPS) is 23.2. The lowest BCUT2D eigenvalue weighted by Crippen LogP contribution is -2.54. The summed E-state index contributed by atoms with van der Waals surface area (Å²) in [6.45, 7) is 8.28. The molecular formula is C13H24O3. The summed E-state index contributed by atoms with van der Waals surface area (Å²) in [6, 6.07) is 0. The Hall–Kier alpha value is -0.410. The molecule has 0 N–H and O–H groups in total. The molecule has 1 aliphatic carbocycles. The summed E-state index contributed by atoms with van der Waals surface area (Å²) in [6.07, 6.45) is 3.54. The third-order valence-corrected chi connectivity index (χ3v) is 3.70. The van der Waals surface area contributed by atoms with E-state index >= 15 is 0 Å². The van der Waals surface area contributed by atoms with Gasteiger partial charge in [-0.05, 0) is 19.3 Å². The van der Waals surface area contributed by atoms with Gasteiger partial charge in [0, 0.05) is 13.0 Å². The van der Waals surface area contributed by atoms with Crippen LogP contribution in [0.5, 0.6) is 0 Å². The number of Topliss-reactive ketones (excluding diaryl/α,β-unsaturated/α-hetero) is 1. The smallest absolute Gasteiger partial charge is 0.144 e. The molecule has 1 rings (SSSR count). The number of rotatable bonds is 8. The van der Waals surface area contributed by atoms with Crippen molar-refractivity contribution in [1.82, 2.24) is 0 Å². The molecule has 1 unspecified atom stereocenters. The molecule has 0 radical (unpaired) electrons. The minimum absolute atomic E-state index is 0.125. The highest BCUT2D eigenvalue weighted by atomic mass is 16.5. The molecular weight excluding hydrogens is 204 g/mol. The van der Waals surface area contributed by atoms with Crippen LogP contribution in [0.4, 0.5) is 0 Å². The van der Waals surface area contributed by atoms with Gasteiger partial charge in [0.25, 0.3) is 0 Å². The minimum atomic E-state index is -0.190. The van der Waals surface area contributed by atoms with Gasteiger partial charge in [-0.25, -0.2) is 0 Å². The predicted octanol–water partition coefficient (Wildman–Crippen LogP) is 2.58. The van der Waals surface area contributed by atoms with Gasteiger partial charge in [-0.15, -0.1) is 0 Å². The van der Waals surface area contributed by atoms with Gasteiger partial charge in [-0.1, -0.05) is 20.8 Å². The van der Waals surface area contributed by atoms with E-state index in [1.807, 2.05) is 0 Å². The zero-order valence-electron chi connectivity index (χ0n) is 10.8. The van der Waals surface area contributed by atoms with Crippen LogP contribution in [0.3, 0.4) is 0 Å². The highest BCUT2D eigenvalue weighted by Crippen LogP contribution is 2.45. The first-order valence-corrected chi connectivity index (χ1v) is 6.43. The second-order valence-electron chi connectivity index (χ2n) is 4.46. The van der Waals surface area contributed by atoms with E-state index in [0.29, 0.717) is 25.4 Å². The quantitative estimate of drug-likeness (QED) is 0.599. The molecule has 0 aliphatic heterocycles. The number of carbonyl (C=O) groups excluding carboxylic acids is 1. The second kappa shape index (κ2) is 6.36. The molecule has 0 saturated heterocycles. The first kappa shape index (κ1) is 13.7. The van der Waals surface area contributed by atoms with Gasteiger partial charge in [0.1, 0.15) is 5.78 Å². The third-order valence-electron chi connectivity index (χ3n) is 3.70. The van der Waals surface area contributed by atoms with Gasteiger partial charge in [0.2, 0.25) is 0 Å². The van der Waals surface area contributed by atoms with Gasteiger partial charge in [-0.2, -0.15) is 0 Å². The van der Waals surface area contributed by atoms with Crippen molar-refractivity contribution in [2.24, 2.45) is 5.41 Å². The maximum absolute atomic E-state index is 11.6. The Bertz CT molecular complexity index is 221. The Morgan fingerprint density at radius 1 is 1.19 bits per heavy atom. The van der Waals surface area contributed by atoms with Crippen molar-refractivity contribution in [3.63, 3.8) is 0 Å². The predicted molar refractivity (Wildman–Crippen MR) is 63.5 cm³/mol. The Morgan fingerprint density at radius 3 is 2.38 bits per heavy atom. The van der Waals surface area contributed by atoms with Crippen molar-refractivity contribution < 1.29 is 14.3 Å². The molecule has 0 amide bonds. The summed E-state index contributed by atoms with van der Waals surface area (Å²) < 4.78 is 11.1. The van der Waals surface area contributed by atoms with E-state index in [4.69, 9.17) is 9.47 Å². The lowest BCUT2D eigenvalue weighted by atomic mass is 9.61. The zero-order chi connectivity index (χ0) is 12.0. The molecule has 94 valence electrons. The van der Waals surface area contributed by atoms with Gasteiger partial charge >= 0.3 is 0 Å². The van der Waals surface area contributed by atoms with Crippen molar-refractivity contribution in [1.29, 1.82) is 0 Å². The van der Waals surface area contributed by atoms with Crippen molar-refractivity contribution in [2.75, 3.05) is 19.8 Å². The SMILES string of the molecule is CCCOCCOC1CC(=O)C1(CC)CC. The first-order chi connectivity index (χ1) is 7.71. The molecule has 3 nitrogen and oxygen atoms in total. The molecule has 0 bridgehead atoms. The first-order valence-electron chi connectivity index (χ1n) is 6.43. The zero-order valence-corrected chi connectivity index (χ0v) is 10.8. The van der Waals surface area contributed by atoms with Crippen LogP contribution in [-0.2, 0) is 14.3 Å². The highest BCUT2D eigenvalue weighted by molar-refractivity contribution is 5.92.